The van der Waals surface area contributed by atoms with Crippen LogP contribution in [0.5, 0.6) is 0 Å². The van der Waals surface area contributed by atoms with E-state index in [1.54, 1.807) is 28.9 Å². The molecule has 0 spiro atoms. The van der Waals surface area contributed by atoms with Crippen molar-refractivity contribution in [3.63, 3.8) is 0 Å². The van der Waals surface area contributed by atoms with Crippen LogP contribution in [-0.2, 0) is 11.3 Å². The lowest BCUT2D eigenvalue weighted by Crippen LogP contribution is -2.28. The first-order valence-corrected chi connectivity index (χ1v) is 5.40. The molecule has 0 atom stereocenters. The van der Waals surface area contributed by atoms with E-state index in [0.717, 1.165) is 0 Å². The Morgan fingerprint density at radius 2 is 2.12 bits per heavy atom. The van der Waals surface area contributed by atoms with E-state index in [9.17, 15) is 9.59 Å². The molecule has 0 fully saturated rings. The van der Waals surface area contributed by atoms with Gasteiger partial charge in [0, 0.05) is 51.1 Å². The standard InChI is InChI=1S/C12H15N3O2/c1-14(7-2-6-13)12(17)5-10-15-8-3-11(16)4-9-15/h3-4,8-9H,2,5,7,10H2,1H3. The molecule has 0 aliphatic carbocycles. The first-order valence-electron chi connectivity index (χ1n) is 5.40. The maximum Gasteiger partial charge on any atom is 0.224 e. The van der Waals surface area contributed by atoms with Gasteiger partial charge in [0.1, 0.15) is 0 Å². The molecule has 0 saturated carbocycles. The maximum absolute atomic E-state index is 11.6. The van der Waals surface area contributed by atoms with E-state index < -0.39 is 0 Å². The van der Waals surface area contributed by atoms with Crippen LogP contribution in [0.4, 0.5) is 0 Å². The highest BCUT2D eigenvalue weighted by atomic mass is 16.2. The average molecular weight is 233 g/mol. The van der Waals surface area contributed by atoms with Gasteiger partial charge in [-0.25, -0.2) is 0 Å². The number of hydrogen-bond donors (Lipinski definition) is 0. The maximum atomic E-state index is 11.6. The van der Waals surface area contributed by atoms with Gasteiger partial charge in [-0.05, 0) is 0 Å². The third-order valence-electron chi connectivity index (χ3n) is 2.43. The third-order valence-corrected chi connectivity index (χ3v) is 2.43. The number of hydrogen-bond acceptors (Lipinski definition) is 3. The Labute approximate surface area is 99.9 Å². The molecule has 1 aromatic heterocycles. The SMILES string of the molecule is CN(CCC#N)C(=O)CCn1ccc(=O)cc1. The summed E-state index contributed by atoms with van der Waals surface area (Å²) in [4.78, 5) is 24.0. The van der Waals surface area contributed by atoms with Crippen molar-refractivity contribution in [3.8, 4) is 6.07 Å². The molecule has 0 aromatic carbocycles. The molecule has 17 heavy (non-hydrogen) atoms. The van der Waals surface area contributed by atoms with E-state index in [0.29, 0.717) is 25.9 Å². The van der Waals surface area contributed by atoms with Crippen molar-refractivity contribution in [1.29, 1.82) is 5.26 Å². The van der Waals surface area contributed by atoms with Crippen LogP contribution in [0.15, 0.2) is 29.3 Å². The van der Waals surface area contributed by atoms with E-state index in [1.807, 2.05) is 6.07 Å². The van der Waals surface area contributed by atoms with Crippen LogP contribution >= 0.6 is 0 Å². The monoisotopic (exact) mass is 233 g/mol. The Bertz CT molecular complexity index is 453. The first-order chi connectivity index (χ1) is 8.13. The summed E-state index contributed by atoms with van der Waals surface area (Å²) in [5.74, 6) is -0.000972. The van der Waals surface area contributed by atoms with Crippen LogP contribution in [-0.4, -0.2) is 29.0 Å². The average Bonchev–Trinajstić information content (AvgIpc) is 2.34. The molecule has 1 rings (SSSR count). The molecule has 5 heteroatoms. The number of nitriles is 1. The van der Waals surface area contributed by atoms with Crippen LogP contribution in [0.1, 0.15) is 12.8 Å². The van der Waals surface area contributed by atoms with E-state index >= 15 is 0 Å². The van der Waals surface area contributed by atoms with E-state index in [2.05, 4.69) is 0 Å². The third kappa shape index (κ3) is 4.51. The fraction of sp³-hybridized carbons (Fsp3) is 0.417. The van der Waals surface area contributed by atoms with Gasteiger partial charge in [-0.15, -0.1) is 0 Å². The van der Waals surface area contributed by atoms with Crippen molar-refractivity contribution < 1.29 is 4.79 Å². The molecule has 1 aromatic rings. The zero-order valence-electron chi connectivity index (χ0n) is 9.80. The molecule has 0 unspecified atom stereocenters. The van der Waals surface area contributed by atoms with Gasteiger partial charge in [-0.1, -0.05) is 0 Å². The molecule has 0 saturated heterocycles. The van der Waals surface area contributed by atoms with Crippen molar-refractivity contribution in [1.82, 2.24) is 9.47 Å². The van der Waals surface area contributed by atoms with Crippen LogP contribution in [0.25, 0.3) is 0 Å². The fourth-order valence-corrected chi connectivity index (χ4v) is 1.35. The summed E-state index contributed by atoms with van der Waals surface area (Å²) >= 11 is 0. The van der Waals surface area contributed by atoms with Crippen molar-refractivity contribution >= 4 is 5.91 Å². The van der Waals surface area contributed by atoms with E-state index in [1.165, 1.54) is 12.1 Å². The normalized spacial score (nSPS) is 9.65. The van der Waals surface area contributed by atoms with Gasteiger partial charge in [0.2, 0.25) is 5.91 Å². The number of aryl methyl sites for hydroxylation is 1. The highest BCUT2D eigenvalue weighted by Crippen LogP contribution is 1.96. The first kappa shape index (κ1) is 13.0. The molecule has 0 aliphatic heterocycles. The smallest absolute Gasteiger partial charge is 0.224 e. The molecule has 0 aliphatic rings. The molecule has 0 radical (unpaired) electrons. The number of aromatic nitrogens is 1. The summed E-state index contributed by atoms with van der Waals surface area (Å²) in [6.07, 6.45) is 4.03. The Morgan fingerprint density at radius 1 is 1.47 bits per heavy atom. The van der Waals surface area contributed by atoms with Crippen LogP contribution in [0.3, 0.4) is 0 Å². The van der Waals surface area contributed by atoms with Gasteiger partial charge < -0.3 is 9.47 Å². The van der Waals surface area contributed by atoms with Gasteiger partial charge in [-0.3, -0.25) is 9.59 Å². The predicted octanol–water partition coefficient (Wildman–Crippen LogP) is 0.610. The lowest BCUT2D eigenvalue weighted by atomic mass is 10.3. The fourth-order valence-electron chi connectivity index (χ4n) is 1.35. The highest BCUT2D eigenvalue weighted by Gasteiger charge is 2.07. The number of carbonyl (C=O) groups excluding carboxylic acids is 1. The quantitative estimate of drug-likeness (QED) is 0.748. The largest absolute Gasteiger partial charge is 0.353 e. The topological polar surface area (TPSA) is 66.1 Å². The van der Waals surface area contributed by atoms with Gasteiger partial charge >= 0.3 is 0 Å². The Hall–Kier alpha value is -2.09. The number of pyridine rings is 1. The molecule has 1 amide bonds. The van der Waals surface area contributed by atoms with Gasteiger partial charge in [0.15, 0.2) is 5.43 Å². The van der Waals surface area contributed by atoms with Crippen LogP contribution in [0.2, 0.25) is 0 Å². The lowest BCUT2D eigenvalue weighted by molar-refractivity contribution is -0.130. The highest BCUT2D eigenvalue weighted by molar-refractivity contribution is 5.75. The van der Waals surface area contributed by atoms with Crippen molar-refractivity contribution in [2.24, 2.45) is 0 Å². The summed E-state index contributed by atoms with van der Waals surface area (Å²) in [5, 5.41) is 8.41. The summed E-state index contributed by atoms with van der Waals surface area (Å²) in [6, 6.07) is 4.92. The molecular weight excluding hydrogens is 218 g/mol. The molecule has 0 N–H and O–H groups in total. The second kappa shape index (κ2) is 6.48. The molecular formula is C12H15N3O2. The summed E-state index contributed by atoms with van der Waals surface area (Å²) in [5.41, 5.74) is -0.0429. The summed E-state index contributed by atoms with van der Waals surface area (Å²) in [6.45, 7) is 0.996. The number of rotatable bonds is 5. The zero-order chi connectivity index (χ0) is 12.7. The second-order valence-electron chi connectivity index (χ2n) is 3.75. The minimum Gasteiger partial charge on any atom is -0.353 e. The van der Waals surface area contributed by atoms with Crippen molar-refractivity contribution in [3.05, 3.63) is 34.7 Å². The predicted molar refractivity (Wildman–Crippen MR) is 63.2 cm³/mol. The Balaban J connectivity index is 2.40. The summed E-state index contributed by atoms with van der Waals surface area (Å²) < 4.78 is 1.79. The lowest BCUT2D eigenvalue weighted by Gasteiger charge is -2.15. The van der Waals surface area contributed by atoms with E-state index in [4.69, 9.17) is 5.26 Å². The summed E-state index contributed by atoms with van der Waals surface area (Å²) in [7, 11) is 1.69. The molecule has 5 nitrogen and oxygen atoms in total. The number of amides is 1. The number of carbonyl (C=O) groups is 1. The Morgan fingerprint density at radius 3 is 2.71 bits per heavy atom. The van der Waals surface area contributed by atoms with E-state index in [-0.39, 0.29) is 11.3 Å². The van der Waals surface area contributed by atoms with Crippen molar-refractivity contribution in [2.45, 2.75) is 19.4 Å². The molecule has 1 heterocycles. The minimum absolute atomic E-state index is 0.000972. The number of nitrogens with zero attached hydrogens (tertiary/aromatic N) is 3. The van der Waals surface area contributed by atoms with Gasteiger partial charge in [-0.2, -0.15) is 5.26 Å². The van der Waals surface area contributed by atoms with Gasteiger partial charge in [0.05, 0.1) is 12.5 Å². The van der Waals surface area contributed by atoms with Crippen molar-refractivity contribution in [2.75, 3.05) is 13.6 Å². The minimum atomic E-state index is -0.0429. The van der Waals surface area contributed by atoms with Gasteiger partial charge in [0.25, 0.3) is 0 Å². The van der Waals surface area contributed by atoms with Crippen LogP contribution in [0, 0.1) is 11.3 Å². The molecule has 90 valence electrons. The molecule has 0 bridgehead atoms. The Kier molecular flexibility index (Phi) is 4.95. The van der Waals surface area contributed by atoms with Crippen LogP contribution < -0.4 is 5.43 Å². The zero-order valence-corrected chi connectivity index (χ0v) is 9.80. The second-order valence-corrected chi connectivity index (χ2v) is 3.75.